The monoisotopic (exact) mass is 526 g/mol. The Morgan fingerprint density at radius 2 is 1.76 bits per heavy atom. The van der Waals surface area contributed by atoms with E-state index in [1.165, 1.54) is 24.3 Å². The maximum atomic E-state index is 13.5. The fourth-order valence-electron chi connectivity index (χ4n) is 4.34. The molecule has 1 aromatic heterocycles. The third-order valence-corrected chi connectivity index (χ3v) is 6.34. The number of ether oxygens (including phenoxy) is 2. The molecule has 38 heavy (non-hydrogen) atoms. The third kappa shape index (κ3) is 6.28. The summed E-state index contributed by atoms with van der Waals surface area (Å²) in [6.07, 6.45) is -2.16. The van der Waals surface area contributed by atoms with Crippen LogP contribution in [-0.2, 0) is 0 Å². The number of hydrogen-bond acceptors (Lipinski definition) is 4. The van der Waals surface area contributed by atoms with E-state index in [-0.39, 0.29) is 23.8 Å². The number of fused-ring (bicyclic) bond motifs is 1. The van der Waals surface area contributed by atoms with Crippen molar-refractivity contribution in [2.75, 3.05) is 13.2 Å². The number of aliphatic hydroxyl groups excluding tert-OH is 1. The summed E-state index contributed by atoms with van der Waals surface area (Å²) in [4.78, 5) is 16.7. The standard InChI is InChI=1S/C29H29F3N2O4/c1-3-14-37-27-13-10-20(19-8-11-21(12-9-19)38-29(30,31)32)15-23(27)28(36)34-26(17-35)18(2)24-16-33-25-7-5-4-6-22(24)25/h4-13,15-16,18,26,33,35H,3,14,17H2,1-2H3,(H,34,36)/t18-,26?/m1/s1. The van der Waals surface area contributed by atoms with Gasteiger partial charge in [0.05, 0.1) is 24.8 Å². The number of carbonyl (C=O) groups excluding carboxylic acids is 1. The molecule has 0 aliphatic carbocycles. The number of aliphatic hydroxyl groups is 1. The lowest BCUT2D eigenvalue weighted by Gasteiger charge is -2.24. The Bertz CT molecular complexity index is 1380. The lowest BCUT2D eigenvalue weighted by molar-refractivity contribution is -0.274. The zero-order valence-electron chi connectivity index (χ0n) is 21.0. The molecule has 0 saturated heterocycles. The molecule has 0 fully saturated rings. The summed E-state index contributed by atoms with van der Waals surface area (Å²) >= 11 is 0. The van der Waals surface area contributed by atoms with Crippen molar-refractivity contribution >= 4 is 16.8 Å². The van der Waals surface area contributed by atoms with Crippen LogP contribution in [0.5, 0.6) is 11.5 Å². The van der Waals surface area contributed by atoms with Crippen LogP contribution in [-0.4, -0.2) is 41.6 Å². The Morgan fingerprint density at radius 1 is 1.05 bits per heavy atom. The number of H-pyrrole nitrogens is 1. The van der Waals surface area contributed by atoms with Crippen molar-refractivity contribution in [1.29, 1.82) is 0 Å². The quantitative estimate of drug-likeness (QED) is 0.223. The summed E-state index contributed by atoms with van der Waals surface area (Å²) < 4.78 is 47.3. The van der Waals surface area contributed by atoms with Gasteiger partial charge in [-0.3, -0.25) is 4.79 Å². The molecule has 0 aliphatic heterocycles. The van der Waals surface area contributed by atoms with Gasteiger partial charge in [0.1, 0.15) is 11.5 Å². The molecule has 0 bridgehead atoms. The molecule has 0 spiro atoms. The number of halogens is 3. The molecule has 0 saturated carbocycles. The number of carbonyl (C=O) groups is 1. The number of aromatic amines is 1. The van der Waals surface area contributed by atoms with Gasteiger partial charge in [-0.2, -0.15) is 0 Å². The topological polar surface area (TPSA) is 83.6 Å². The number of para-hydroxylation sites is 1. The summed E-state index contributed by atoms with van der Waals surface area (Å²) in [5, 5.41) is 14.1. The smallest absolute Gasteiger partial charge is 0.493 e. The second-order valence-corrected chi connectivity index (χ2v) is 8.97. The third-order valence-electron chi connectivity index (χ3n) is 6.34. The molecule has 1 heterocycles. The highest BCUT2D eigenvalue weighted by molar-refractivity contribution is 5.98. The summed E-state index contributed by atoms with van der Waals surface area (Å²) in [6, 6.07) is 17.7. The van der Waals surface area contributed by atoms with E-state index >= 15 is 0 Å². The van der Waals surface area contributed by atoms with Crippen LogP contribution in [0.2, 0.25) is 0 Å². The van der Waals surface area contributed by atoms with Gasteiger partial charge in [0.25, 0.3) is 5.91 Å². The summed E-state index contributed by atoms with van der Waals surface area (Å²) in [6.45, 7) is 4.01. The minimum atomic E-state index is -4.78. The average Bonchev–Trinajstić information content (AvgIpc) is 3.34. The predicted octanol–water partition coefficient (Wildman–Crippen LogP) is 6.42. The molecular weight excluding hydrogens is 497 g/mol. The molecule has 3 N–H and O–H groups in total. The Labute approximate surface area is 218 Å². The fourth-order valence-corrected chi connectivity index (χ4v) is 4.34. The van der Waals surface area contributed by atoms with E-state index < -0.39 is 18.3 Å². The molecule has 1 amide bonds. The number of aromatic nitrogens is 1. The first-order chi connectivity index (χ1) is 18.2. The minimum Gasteiger partial charge on any atom is -0.493 e. The number of nitrogens with one attached hydrogen (secondary N) is 2. The molecule has 2 atom stereocenters. The van der Waals surface area contributed by atoms with Crippen LogP contribution in [0.3, 0.4) is 0 Å². The van der Waals surface area contributed by atoms with Gasteiger partial charge < -0.3 is 24.9 Å². The van der Waals surface area contributed by atoms with Crippen LogP contribution < -0.4 is 14.8 Å². The van der Waals surface area contributed by atoms with Crippen LogP contribution in [0.1, 0.15) is 42.1 Å². The van der Waals surface area contributed by atoms with E-state index in [0.29, 0.717) is 23.5 Å². The molecule has 6 nitrogen and oxygen atoms in total. The van der Waals surface area contributed by atoms with Crippen molar-refractivity contribution < 1.29 is 32.5 Å². The zero-order valence-corrected chi connectivity index (χ0v) is 21.0. The van der Waals surface area contributed by atoms with E-state index in [4.69, 9.17) is 4.74 Å². The van der Waals surface area contributed by atoms with Crippen molar-refractivity contribution in [3.63, 3.8) is 0 Å². The van der Waals surface area contributed by atoms with Gasteiger partial charge in [0.2, 0.25) is 0 Å². The molecule has 3 aromatic carbocycles. The number of rotatable bonds is 10. The highest BCUT2D eigenvalue weighted by Crippen LogP contribution is 2.31. The first-order valence-electron chi connectivity index (χ1n) is 12.3. The van der Waals surface area contributed by atoms with Crippen LogP contribution in [0.25, 0.3) is 22.0 Å². The van der Waals surface area contributed by atoms with Gasteiger partial charge in [-0.15, -0.1) is 13.2 Å². The molecule has 0 radical (unpaired) electrons. The minimum absolute atomic E-state index is 0.204. The average molecular weight is 527 g/mol. The van der Waals surface area contributed by atoms with Crippen LogP contribution in [0, 0.1) is 0 Å². The van der Waals surface area contributed by atoms with Gasteiger partial charge >= 0.3 is 6.36 Å². The van der Waals surface area contributed by atoms with Crippen LogP contribution >= 0.6 is 0 Å². The predicted molar refractivity (Wildman–Crippen MR) is 139 cm³/mol. The number of benzene rings is 3. The molecule has 0 aliphatic rings. The molecule has 200 valence electrons. The summed E-state index contributed by atoms with van der Waals surface area (Å²) in [5.74, 6) is -0.592. The number of hydrogen-bond donors (Lipinski definition) is 3. The molecule has 9 heteroatoms. The van der Waals surface area contributed by atoms with Crippen molar-refractivity contribution in [2.45, 2.75) is 38.6 Å². The van der Waals surface area contributed by atoms with Gasteiger partial charge in [-0.25, -0.2) is 0 Å². The van der Waals surface area contributed by atoms with Crippen LogP contribution in [0.15, 0.2) is 72.9 Å². The largest absolute Gasteiger partial charge is 0.573 e. The van der Waals surface area contributed by atoms with Crippen LogP contribution in [0.4, 0.5) is 13.2 Å². The Balaban J connectivity index is 1.60. The zero-order chi connectivity index (χ0) is 27.3. The fraction of sp³-hybridized carbons (Fsp3) is 0.276. The first-order valence-corrected chi connectivity index (χ1v) is 12.3. The molecule has 4 rings (SSSR count). The van der Waals surface area contributed by atoms with E-state index in [0.717, 1.165) is 22.9 Å². The second kappa shape index (κ2) is 11.6. The van der Waals surface area contributed by atoms with Gasteiger partial charge in [-0.05, 0) is 53.4 Å². The molecular formula is C29H29F3N2O4. The van der Waals surface area contributed by atoms with Crippen molar-refractivity contribution in [3.8, 4) is 22.6 Å². The first kappa shape index (κ1) is 27.1. The Morgan fingerprint density at radius 3 is 2.45 bits per heavy atom. The van der Waals surface area contributed by atoms with E-state index in [1.54, 1.807) is 18.2 Å². The SMILES string of the molecule is CCCOc1ccc(-c2ccc(OC(F)(F)F)cc2)cc1C(=O)NC(CO)[C@H](C)c1c[nH]c2ccccc12. The highest BCUT2D eigenvalue weighted by atomic mass is 19.4. The van der Waals surface area contributed by atoms with Crippen molar-refractivity contribution in [3.05, 3.63) is 84.1 Å². The normalized spacial score (nSPS) is 13.2. The van der Waals surface area contributed by atoms with E-state index in [1.807, 2.05) is 44.3 Å². The van der Waals surface area contributed by atoms with Gasteiger partial charge in [0.15, 0.2) is 0 Å². The number of alkyl halides is 3. The maximum absolute atomic E-state index is 13.5. The lowest BCUT2D eigenvalue weighted by Crippen LogP contribution is -2.41. The maximum Gasteiger partial charge on any atom is 0.573 e. The highest BCUT2D eigenvalue weighted by Gasteiger charge is 2.31. The summed E-state index contributed by atoms with van der Waals surface area (Å²) in [5.41, 5.74) is 3.41. The molecule has 4 aromatic rings. The summed E-state index contributed by atoms with van der Waals surface area (Å²) in [7, 11) is 0. The van der Waals surface area contributed by atoms with E-state index in [2.05, 4.69) is 15.0 Å². The Hall–Kier alpha value is -3.98. The van der Waals surface area contributed by atoms with E-state index in [9.17, 15) is 23.1 Å². The second-order valence-electron chi connectivity index (χ2n) is 8.97. The molecule has 1 unspecified atom stereocenters. The van der Waals surface area contributed by atoms with Crippen molar-refractivity contribution in [1.82, 2.24) is 10.3 Å². The van der Waals surface area contributed by atoms with Gasteiger partial charge in [0, 0.05) is 23.0 Å². The number of amides is 1. The lowest BCUT2D eigenvalue weighted by atomic mass is 9.93. The van der Waals surface area contributed by atoms with Crippen molar-refractivity contribution in [2.24, 2.45) is 0 Å². The van der Waals surface area contributed by atoms with Gasteiger partial charge in [-0.1, -0.05) is 50.2 Å². The Kier molecular flexibility index (Phi) is 8.26.